The molecule has 0 radical (unpaired) electrons. The number of amides is 1. The van der Waals surface area contributed by atoms with Gasteiger partial charge < -0.3 is 14.4 Å². The molecule has 9 heteroatoms. The summed E-state index contributed by atoms with van der Waals surface area (Å²) in [7, 11) is -0.903. The molecule has 5 nitrogen and oxygen atoms in total. The molecule has 1 rings (SSSR count). The fourth-order valence-electron chi connectivity index (χ4n) is 2.93. The maximum absolute atomic E-state index is 12.8. The highest BCUT2D eigenvalue weighted by Crippen LogP contribution is 2.41. The molecule has 1 saturated heterocycles. The van der Waals surface area contributed by atoms with Gasteiger partial charge in [-0.15, -0.1) is 6.58 Å². The number of aliphatic hydroxyl groups is 1. The first-order valence-electron chi connectivity index (χ1n) is 8.61. The third-order valence-electron chi connectivity index (χ3n) is 5.24. The van der Waals surface area contributed by atoms with E-state index in [-0.39, 0.29) is 17.0 Å². The molecule has 0 saturated carbocycles. The van der Waals surface area contributed by atoms with E-state index in [0.29, 0.717) is 12.3 Å². The number of hydrogen-bond acceptors (Lipinski definition) is 4. The highest BCUT2D eigenvalue weighted by Gasteiger charge is 2.53. The second kappa shape index (κ2) is 9.28. The average molecular weight is 445 g/mol. The molecule has 1 amide bonds. The lowest BCUT2D eigenvalue weighted by atomic mass is 9.78. The van der Waals surface area contributed by atoms with E-state index in [4.69, 9.17) is 39.5 Å². The highest BCUT2D eigenvalue weighted by atomic mass is 35.6. The van der Waals surface area contributed by atoms with Crippen molar-refractivity contribution in [3.63, 3.8) is 0 Å². The number of halogens is 3. The summed E-state index contributed by atoms with van der Waals surface area (Å²) < 4.78 is 5.15. The second-order valence-electron chi connectivity index (χ2n) is 7.74. The molecule has 0 aromatic carbocycles. The lowest BCUT2D eigenvalue weighted by Gasteiger charge is -2.52. The number of alkyl halides is 3. The van der Waals surface area contributed by atoms with Crippen molar-refractivity contribution in [1.82, 2.24) is 4.57 Å². The van der Waals surface area contributed by atoms with Crippen LogP contribution in [0.2, 0.25) is 5.04 Å². The first-order valence-corrected chi connectivity index (χ1v) is 11.1. The summed E-state index contributed by atoms with van der Waals surface area (Å²) in [5.41, 5.74) is 0. The van der Waals surface area contributed by atoms with E-state index in [1.54, 1.807) is 6.08 Å². The van der Waals surface area contributed by atoms with E-state index < -0.39 is 44.5 Å². The molecule has 1 aliphatic rings. The largest absolute Gasteiger partial charge is 0.461 e. The van der Waals surface area contributed by atoms with Gasteiger partial charge in [0.1, 0.15) is 16.3 Å². The smallest absolute Gasteiger partial charge is 0.312 e. The van der Waals surface area contributed by atoms with Crippen molar-refractivity contribution in [1.29, 1.82) is 0 Å². The maximum Gasteiger partial charge on any atom is 0.312 e. The van der Waals surface area contributed by atoms with Crippen molar-refractivity contribution < 1.29 is 19.4 Å². The quantitative estimate of drug-likeness (QED) is 0.195. The molecule has 150 valence electrons. The molecule has 3 atom stereocenters. The van der Waals surface area contributed by atoms with Crippen LogP contribution in [0.25, 0.3) is 0 Å². The van der Waals surface area contributed by atoms with Crippen LogP contribution >= 0.6 is 34.8 Å². The van der Waals surface area contributed by atoms with Crippen molar-refractivity contribution >= 4 is 56.4 Å². The number of esters is 1. The van der Waals surface area contributed by atoms with E-state index in [0.717, 1.165) is 0 Å². The molecule has 0 aliphatic carbocycles. The monoisotopic (exact) mass is 443 g/mol. The predicted octanol–water partition coefficient (Wildman–Crippen LogP) is 2.85. The number of β-lactam (4-membered cyclic amide) rings is 1. The lowest BCUT2D eigenvalue weighted by Crippen LogP contribution is -2.67. The molecule has 26 heavy (non-hydrogen) atoms. The standard InChI is InChI=1S/C17H28Cl3NO4Si/c1-6-7-12-13(11(8-22)15(24)25-9-17(18,19)20)14(23)21(12)26-16(4,5)10(2)3/h6,10-13,22H,1,7-9,26H2,2-5H3/t11-,12?,13?/m0/s1. The van der Waals surface area contributed by atoms with Gasteiger partial charge in [-0.05, 0) is 17.4 Å². The van der Waals surface area contributed by atoms with Crippen LogP contribution in [0.3, 0.4) is 0 Å². The molecule has 0 aromatic heterocycles. The second-order valence-corrected chi connectivity index (χ2v) is 13.1. The number of carbonyl (C=O) groups excluding carboxylic acids is 2. The Kier molecular flexibility index (Phi) is 8.48. The van der Waals surface area contributed by atoms with Crippen LogP contribution in [0.4, 0.5) is 0 Å². The van der Waals surface area contributed by atoms with Crippen LogP contribution in [-0.4, -0.2) is 54.3 Å². The Labute approximate surface area is 172 Å². The van der Waals surface area contributed by atoms with Crippen molar-refractivity contribution in [2.24, 2.45) is 17.8 Å². The average Bonchev–Trinajstić information content (AvgIpc) is 2.53. The molecule has 1 heterocycles. The molecule has 1 aliphatic heterocycles. The van der Waals surface area contributed by atoms with Crippen molar-refractivity contribution in [2.75, 3.05) is 13.2 Å². The minimum absolute atomic E-state index is 0.0603. The van der Waals surface area contributed by atoms with Gasteiger partial charge in [0.05, 0.1) is 18.4 Å². The van der Waals surface area contributed by atoms with E-state index >= 15 is 0 Å². The number of rotatable bonds is 9. The summed E-state index contributed by atoms with van der Waals surface area (Å²) >= 11 is 16.8. The van der Waals surface area contributed by atoms with Crippen LogP contribution in [0, 0.1) is 17.8 Å². The third kappa shape index (κ3) is 5.86. The molecule has 0 bridgehead atoms. The normalized spacial score (nSPS) is 22.7. The Morgan fingerprint density at radius 3 is 2.42 bits per heavy atom. The van der Waals surface area contributed by atoms with Gasteiger partial charge in [0.25, 0.3) is 0 Å². The highest BCUT2D eigenvalue weighted by molar-refractivity contribution is 6.67. The predicted molar refractivity (Wildman–Crippen MR) is 108 cm³/mol. The Morgan fingerprint density at radius 1 is 1.42 bits per heavy atom. The van der Waals surface area contributed by atoms with Crippen molar-refractivity contribution in [2.45, 2.75) is 49.0 Å². The molecular formula is C17H28Cl3NO4Si. The Bertz CT molecular complexity index is 537. The fourth-order valence-corrected chi connectivity index (χ4v) is 5.31. The third-order valence-corrected chi connectivity index (χ3v) is 8.32. The summed E-state index contributed by atoms with van der Waals surface area (Å²) in [5.74, 6) is -1.99. The van der Waals surface area contributed by atoms with Gasteiger partial charge >= 0.3 is 5.97 Å². The summed E-state index contributed by atoms with van der Waals surface area (Å²) in [6.07, 6.45) is 2.29. The van der Waals surface area contributed by atoms with Crippen LogP contribution < -0.4 is 0 Å². The van der Waals surface area contributed by atoms with Crippen LogP contribution in [-0.2, 0) is 14.3 Å². The lowest BCUT2D eigenvalue weighted by molar-refractivity contribution is -0.166. The Balaban J connectivity index is 2.91. The molecule has 0 aromatic rings. The van der Waals surface area contributed by atoms with Gasteiger partial charge in [-0.2, -0.15) is 0 Å². The Morgan fingerprint density at radius 2 is 2.00 bits per heavy atom. The zero-order valence-corrected chi connectivity index (χ0v) is 19.4. The number of aliphatic hydroxyl groups excluding tert-OH is 1. The maximum atomic E-state index is 12.8. The first-order chi connectivity index (χ1) is 11.9. The van der Waals surface area contributed by atoms with Crippen LogP contribution in [0.5, 0.6) is 0 Å². The van der Waals surface area contributed by atoms with E-state index in [1.165, 1.54) is 0 Å². The zero-order chi connectivity index (χ0) is 20.3. The van der Waals surface area contributed by atoms with Gasteiger partial charge in [-0.25, -0.2) is 0 Å². The van der Waals surface area contributed by atoms with Gasteiger partial charge in [0.15, 0.2) is 0 Å². The van der Waals surface area contributed by atoms with Gasteiger partial charge in [-0.3, -0.25) is 9.59 Å². The Hall–Kier alpha value is -0.273. The minimum atomic E-state index is -1.74. The van der Waals surface area contributed by atoms with Gasteiger partial charge in [0.2, 0.25) is 9.70 Å². The summed E-state index contributed by atoms with van der Waals surface area (Å²) in [5, 5.41) is 9.75. The van der Waals surface area contributed by atoms with E-state index in [9.17, 15) is 14.7 Å². The summed E-state index contributed by atoms with van der Waals surface area (Å²) in [6, 6.07) is -0.151. The molecule has 2 unspecified atom stereocenters. The van der Waals surface area contributed by atoms with Crippen LogP contribution in [0.1, 0.15) is 34.1 Å². The van der Waals surface area contributed by atoms with Crippen molar-refractivity contribution in [3.05, 3.63) is 12.7 Å². The molecule has 1 N–H and O–H groups in total. The molecule has 1 fully saturated rings. The number of ether oxygens (including phenoxy) is 1. The van der Waals surface area contributed by atoms with E-state index in [2.05, 4.69) is 34.3 Å². The minimum Gasteiger partial charge on any atom is -0.461 e. The topological polar surface area (TPSA) is 66.8 Å². The molecular weight excluding hydrogens is 417 g/mol. The van der Waals surface area contributed by atoms with Gasteiger partial charge in [-0.1, -0.05) is 68.6 Å². The summed E-state index contributed by atoms with van der Waals surface area (Å²) in [4.78, 5) is 25.1. The molecule has 0 spiro atoms. The summed E-state index contributed by atoms with van der Waals surface area (Å²) in [6.45, 7) is 11.4. The number of carbonyl (C=O) groups is 2. The first kappa shape index (κ1) is 23.8. The SMILES string of the molecule is C=CCC1C([C@H](CO)C(=O)OCC(Cl)(Cl)Cl)C(=O)N1[SiH2]C(C)(C)C(C)C. The zero-order valence-electron chi connectivity index (χ0n) is 15.7. The number of nitrogens with zero attached hydrogens (tertiary/aromatic N) is 1. The fraction of sp³-hybridized carbons (Fsp3) is 0.765. The van der Waals surface area contributed by atoms with Crippen molar-refractivity contribution in [3.8, 4) is 0 Å². The van der Waals surface area contributed by atoms with E-state index in [1.807, 2.05) is 4.57 Å². The van der Waals surface area contributed by atoms with Crippen LogP contribution in [0.15, 0.2) is 12.7 Å². The number of hydrogen-bond donors (Lipinski definition) is 1. The van der Waals surface area contributed by atoms with Gasteiger partial charge in [0, 0.05) is 6.04 Å².